The number of nitrogens with two attached hydrogens (primary N) is 1. The van der Waals surface area contributed by atoms with E-state index in [9.17, 15) is 19.2 Å². The minimum Gasteiger partial charge on any atom is -0.458 e. The minimum absolute atomic E-state index is 0.0728. The molecule has 1 aromatic rings. The first-order valence-electron chi connectivity index (χ1n) is 13.4. The lowest BCUT2D eigenvalue weighted by molar-refractivity contribution is -0.155. The summed E-state index contributed by atoms with van der Waals surface area (Å²) >= 11 is 0. The van der Waals surface area contributed by atoms with Crippen molar-refractivity contribution in [1.82, 2.24) is 0 Å². The highest BCUT2D eigenvalue weighted by atomic mass is 16.7. The lowest BCUT2D eigenvalue weighted by Gasteiger charge is -2.22. The second-order valence-corrected chi connectivity index (χ2v) is 9.16. The van der Waals surface area contributed by atoms with E-state index in [2.05, 4.69) is 0 Å². The Labute approximate surface area is 225 Å². The van der Waals surface area contributed by atoms with Gasteiger partial charge in [-0.3, -0.25) is 14.4 Å². The van der Waals surface area contributed by atoms with E-state index in [1.54, 1.807) is 19.9 Å². The van der Waals surface area contributed by atoms with Crippen molar-refractivity contribution >= 4 is 24.1 Å². The maximum atomic E-state index is 12.6. The number of hydrogen-bond acceptors (Lipinski definition) is 10. The average molecular weight is 538 g/mol. The zero-order valence-corrected chi connectivity index (χ0v) is 23.3. The predicted molar refractivity (Wildman–Crippen MR) is 141 cm³/mol. The van der Waals surface area contributed by atoms with E-state index in [0.29, 0.717) is 18.4 Å². The second kappa shape index (κ2) is 18.2. The molecule has 0 aliphatic heterocycles. The summed E-state index contributed by atoms with van der Waals surface area (Å²) in [7, 11) is 0. The van der Waals surface area contributed by atoms with Gasteiger partial charge in [-0.2, -0.15) is 0 Å². The Kier molecular flexibility index (Phi) is 15.7. The van der Waals surface area contributed by atoms with Gasteiger partial charge in [0.1, 0.15) is 18.2 Å². The summed E-state index contributed by atoms with van der Waals surface area (Å²) in [5, 5.41) is 0. The van der Waals surface area contributed by atoms with Crippen molar-refractivity contribution in [2.45, 2.75) is 111 Å². The van der Waals surface area contributed by atoms with E-state index < -0.39 is 42.3 Å². The first-order chi connectivity index (χ1) is 18.1. The first kappa shape index (κ1) is 32.9. The topological polar surface area (TPSA) is 140 Å². The van der Waals surface area contributed by atoms with Gasteiger partial charge in [-0.1, -0.05) is 46.1 Å². The molecule has 38 heavy (non-hydrogen) atoms. The van der Waals surface area contributed by atoms with E-state index in [4.69, 9.17) is 29.4 Å². The molecular weight excluding hydrogens is 494 g/mol. The molecule has 0 amide bonds. The molecule has 0 aliphatic carbocycles. The molecule has 2 N–H and O–H groups in total. The molecule has 0 spiro atoms. The largest absolute Gasteiger partial charge is 0.508 e. The van der Waals surface area contributed by atoms with Gasteiger partial charge in [0.25, 0.3) is 0 Å². The van der Waals surface area contributed by atoms with Crippen LogP contribution in [0, 0.1) is 0 Å². The molecule has 1 unspecified atom stereocenters. The number of unbranched alkanes of at least 4 members (excludes halogenated alkanes) is 3. The van der Waals surface area contributed by atoms with E-state index in [1.807, 2.05) is 20.8 Å². The SMILES string of the molecule is CCCCOC(=O)OC(C)[C@H](C)OC(=O)[C@@H](N)Cc1ccc(OC(=O)CCCC)c(OC(=O)CCCC)c1. The van der Waals surface area contributed by atoms with Crippen LogP contribution in [0.25, 0.3) is 0 Å². The third kappa shape index (κ3) is 12.9. The third-order valence-electron chi connectivity index (χ3n) is 5.65. The minimum atomic E-state index is -1.04. The summed E-state index contributed by atoms with van der Waals surface area (Å²) in [6, 6.07) is 3.65. The van der Waals surface area contributed by atoms with Crippen molar-refractivity contribution < 1.29 is 42.9 Å². The third-order valence-corrected chi connectivity index (χ3v) is 5.65. The molecule has 10 heteroatoms. The van der Waals surface area contributed by atoms with Crippen LogP contribution in [0.3, 0.4) is 0 Å². The van der Waals surface area contributed by atoms with E-state index >= 15 is 0 Å². The lowest BCUT2D eigenvalue weighted by atomic mass is 10.1. The summed E-state index contributed by atoms with van der Waals surface area (Å²) in [6.07, 6.45) is 2.84. The fraction of sp³-hybridized carbons (Fsp3) is 0.643. The number of esters is 3. The molecule has 0 aromatic heterocycles. The first-order valence-corrected chi connectivity index (χ1v) is 13.4. The van der Waals surface area contributed by atoms with E-state index in [-0.39, 0.29) is 37.4 Å². The molecule has 0 saturated carbocycles. The summed E-state index contributed by atoms with van der Waals surface area (Å²) < 4.78 is 26.3. The maximum Gasteiger partial charge on any atom is 0.508 e. The van der Waals surface area contributed by atoms with Crippen LogP contribution < -0.4 is 15.2 Å². The number of carbonyl (C=O) groups is 4. The highest BCUT2D eigenvalue weighted by molar-refractivity contribution is 5.77. The molecule has 214 valence electrons. The fourth-order valence-electron chi connectivity index (χ4n) is 3.12. The van der Waals surface area contributed by atoms with Crippen molar-refractivity contribution in [2.24, 2.45) is 5.73 Å². The highest BCUT2D eigenvalue weighted by Crippen LogP contribution is 2.30. The van der Waals surface area contributed by atoms with Crippen LogP contribution in [0.4, 0.5) is 4.79 Å². The molecule has 0 aliphatic rings. The van der Waals surface area contributed by atoms with Gasteiger partial charge in [0.05, 0.1) is 6.61 Å². The molecule has 1 rings (SSSR count). The average Bonchev–Trinajstić information content (AvgIpc) is 2.87. The Morgan fingerprint density at radius 2 is 1.34 bits per heavy atom. The van der Waals surface area contributed by atoms with Crippen LogP contribution >= 0.6 is 0 Å². The Morgan fingerprint density at radius 3 is 1.92 bits per heavy atom. The normalized spacial score (nSPS) is 13.1. The molecular formula is C28H43NO9. The molecule has 0 radical (unpaired) electrons. The number of rotatable bonds is 17. The van der Waals surface area contributed by atoms with Crippen molar-refractivity contribution in [1.29, 1.82) is 0 Å². The van der Waals surface area contributed by atoms with Crippen LogP contribution in [-0.2, 0) is 35.0 Å². The van der Waals surface area contributed by atoms with Gasteiger partial charge in [0, 0.05) is 12.8 Å². The zero-order chi connectivity index (χ0) is 28.5. The van der Waals surface area contributed by atoms with E-state index in [1.165, 1.54) is 12.1 Å². The summed E-state index contributed by atoms with van der Waals surface area (Å²) in [5.41, 5.74) is 6.65. The monoisotopic (exact) mass is 537 g/mol. The summed E-state index contributed by atoms with van der Waals surface area (Å²) in [4.78, 5) is 48.7. The molecule has 0 fully saturated rings. The van der Waals surface area contributed by atoms with Crippen molar-refractivity contribution in [3.8, 4) is 11.5 Å². The smallest absolute Gasteiger partial charge is 0.458 e. The van der Waals surface area contributed by atoms with Crippen LogP contribution in [-0.4, -0.2) is 48.9 Å². The van der Waals surface area contributed by atoms with Gasteiger partial charge in [0.15, 0.2) is 11.5 Å². The fourth-order valence-corrected chi connectivity index (χ4v) is 3.12. The van der Waals surface area contributed by atoms with Crippen molar-refractivity contribution in [3.05, 3.63) is 23.8 Å². The molecule has 0 bridgehead atoms. The Morgan fingerprint density at radius 1 is 0.789 bits per heavy atom. The summed E-state index contributed by atoms with van der Waals surface area (Å²) in [5.74, 6) is -1.35. The maximum absolute atomic E-state index is 12.6. The van der Waals surface area contributed by atoms with Crippen molar-refractivity contribution in [3.63, 3.8) is 0 Å². The molecule has 1 aromatic carbocycles. The van der Waals surface area contributed by atoms with Crippen LogP contribution in [0.15, 0.2) is 18.2 Å². The van der Waals surface area contributed by atoms with Crippen LogP contribution in [0.1, 0.15) is 91.5 Å². The van der Waals surface area contributed by atoms with E-state index in [0.717, 1.165) is 25.7 Å². The Balaban J connectivity index is 2.83. The Bertz CT molecular complexity index is 902. The number of ether oxygens (including phenoxy) is 5. The van der Waals surface area contributed by atoms with Crippen molar-refractivity contribution in [2.75, 3.05) is 6.61 Å². The zero-order valence-electron chi connectivity index (χ0n) is 23.3. The predicted octanol–water partition coefficient (Wildman–Crippen LogP) is 5.02. The van der Waals surface area contributed by atoms with Gasteiger partial charge in [-0.05, 0) is 57.2 Å². The van der Waals surface area contributed by atoms with Gasteiger partial charge < -0.3 is 29.4 Å². The number of hydrogen-bond donors (Lipinski definition) is 1. The second-order valence-electron chi connectivity index (χ2n) is 9.16. The number of carbonyl (C=O) groups excluding carboxylic acids is 4. The molecule has 0 heterocycles. The van der Waals surface area contributed by atoms with Crippen LogP contribution in [0.2, 0.25) is 0 Å². The Hall–Kier alpha value is -3.14. The highest BCUT2D eigenvalue weighted by Gasteiger charge is 2.25. The van der Waals surface area contributed by atoms with Gasteiger partial charge in [-0.25, -0.2) is 4.79 Å². The van der Waals surface area contributed by atoms with Gasteiger partial charge in [0.2, 0.25) is 0 Å². The lowest BCUT2D eigenvalue weighted by Crippen LogP contribution is -2.39. The quantitative estimate of drug-likeness (QED) is 0.164. The molecule has 0 saturated heterocycles. The molecule has 10 nitrogen and oxygen atoms in total. The van der Waals surface area contributed by atoms with Gasteiger partial charge >= 0.3 is 24.1 Å². The molecule has 3 atom stereocenters. The number of benzene rings is 1. The van der Waals surface area contributed by atoms with Crippen LogP contribution in [0.5, 0.6) is 11.5 Å². The summed E-state index contributed by atoms with van der Waals surface area (Å²) in [6.45, 7) is 9.33. The van der Waals surface area contributed by atoms with Gasteiger partial charge in [-0.15, -0.1) is 0 Å². The standard InChI is InChI=1S/C28H43NO9/c1-6-9-12-25(30)37-23-15-14-21(18-24(23)38-26(31)13-10-7-2)17-22(29)27(32)35-19(4)20(5)36-28(33)34-16-11-8-3/h14-15,18-20,22H,6-13,16-17,29H2,1-5H3/t19-,20?,22-/m0/s1.